The molecule has 0 amide bonds. The fraction of sp³-hybridized carbons (Fsp3) is 0.733. The normalized spacial score (nSPS) is 37.3. The number of allylic oxidation sites excluding steroid dienone is 1. The van der Waals surface area contributed by atoms with Gasteiger partial charge in [-0.15, -0.1) is 0 Å². The molecule has 0 aromatic heterocycles. The summed E-state index contributed by atoms with van der Waals surface area (Å²) in [6, 6.07) is 0. The molecular formula is C15H26O2. The van der Waals surface area contributed by atoms with Gasteiger partial charge >= 0.3 is 0 Å². The molecule has 2 atom stereocenters. The molecule has 0 bridgehead atoms. The molecule has 0 spiro atoms. The highest BCUT2D eigenvalue weighted by atomic mass is 16.3. The van der Waals surface area contributed by atoms with Crippen LogP contribution >= 0.6 is 0 Å². The molecule has 0 fully saturated rings. The van der Waals surface area contributed by atoms with Crippen LogP contribution in [0.1, 0.15) is 53.4 Å². The molecule has 0 radical (unpaired) electrons. The van der Waals surface area contributed by atoms with Crippen LogP contribution in [0.3, 0.4) is 0 Å². The van der Waals surface area contributed by atoms with E-state index in [1.54, 1.807) is 0 Å². The topological polar surface area (TPSA) is 40.5 Å². The summed E-state index contributed by atoms with van der Waals surface area (Å²) in [6.07, 6.45) is 6.80. The third kappa shape index (κ3) is 4.29. The van der Waals surface area contributed by atoms with Gasteiger partial charge in [0.05, 0.1) is 12.2 Å². The summed E-state index contributed by atoms with van der Waals surface area (Å²) in [5.41, 5.74) is 2.09. The molecule has 2 N–H and O–H groups in total. The van der Waals surface area contributed by atoms with Crippen LogP contribution in [0.5, 0.6) is 0 Å². The zero-order valence-electron chi connectivity index (χ0n) is 11.5. The summed E-state index contributed by atoms with van der Waals surface area (Å²) in [4.78, 5) is 0. The summed E-state index contributed by atoms with van der Waals surface area (Å²) in [7, 11) is 0. The maximum atomic E-state index is 10.2. The predicted molar refractivity (Wildman–Crippen MR) is 71.8 cm³/mol. The van der Waals surface area contributed by atoms with Gasteiger partial charge in [0.25, 0.3) is 0 Å². The van der Waals surface area contributed by atoms with Gasteiger partial charge < -0.3 is 10.2 Å². The highest BCUT2D eigenvalue weighted by molar-refractivity contribution is 5.13. The first kappa shape index (κ1) is 14.5. The van der Waals surface area contributed by atoms with E-state index in [9.17, 15) is 10.2 Å². The fourth-order valence-corrected chi connectivity index (χ4v) is 2.16. The van der Waals surface area contributed by atoms with Crippen LogP contribution in [0.25, 0.3) is 0 Å². The van der Waals surface area contributed by atoms with Crippen LogP contribution < -0.4 is 0 Å². The van der Waals surface area contributed by atoms with Crippen LogP contribution in [-0.2, 0) is 0 Å². The Kier molecular flexibility index (Phi) is 4.96. The molecule has 1 aliphatic rings. The van der Waals surface area contributed by atoms with Gasteiger partial charge in [0.2, 0.25) is 0 Å². The lowest BCUT2D eigenvalue weighted by molar-refractivity contribution is 0.0797. The molecule has 0 saturated carbocycles. The van der Waals surface area contributed by atoms with Crippen molar-refractivity contribution < 1.29 is 10.2 Å². The van der Waals surface area contributed by atoms with E-state index in [0.717, 1.165) is 24.8 Å². The molecule has 0 aliphatic heterocycles. The van der Waals surface area contributed by atoms with E-state index in [4.69, 9.17) is 0 Å². The minimum Gasteiger partial charge on any atom is -0.388 e. The van der Waals surface area contributed by atoms with Gasteiger partial charge in [-0.1, -0.05) is 31.6 Å². The number of hydrogen-bond donors (Lipinski definition) is 2. The van der Waals surface area contributed by atoms with E-state index in [2.05, 4.69) is 26.8 Å². The van der Waals surface area contributed by atoms with Gasteiger partial charge in [0.15, 0.2) is 0 Å². The van der Waals surface area contributed by atoms with E-state index >= 15 is 0 Å². The first-order chi connectivity index (χ1) is 7.83. The maximum absolute atomic E-state index is 10.2. The zero-order valence-corrected chi connectivity index (χ0v) is 11.5. The van der Waals surface area contributed by atoms with Crippen molar-refractivity contribution in [3.05, 3.63) is 23.3 Å². The van der Waals surface area contributed by atoms with Crippen molar-refractivity contribution in [1.29, 1.82) is 0 Å². The van der Waals surface area contributed by atoms with Gasteiger partial charge in [-0.2, -0.15) is 0 Å². The first-order valence-corrected chi connectivity index (χ1v) is 6.53. The largest absolute Gasteiger partial charge is 0.388 e. The average Bonchev–Trinajstić information content (AvgIpc) is 2.25. The van der Waals surface area contributed by atoms with Crippen molar-refractivity contribution in [2.24, 2.45) is 5.41 Å². The van der Waals surface area contributed by atoms with Crippen molar-refractivity contribution in [3.8, 4) is 0 Å². The Balaban J connectivity index is 2.92. The summed E-state index contributed by atoms with van der Waals surface area (Å²) in [5, 5.41) is 20.2. The molecule has 0 saturated heterocycles. The van der Waals surface area contributed by atoms with Crippen LogP contribution in [0.4, 0.5) is 0 Å². The summed E-state index contributed by atoms with van der Waals surface area (Å²) in [6.45, 7) is 8.19. The van der Waals surface area contributed by atoms with Gasteiger partial charge in [-0.3, -0.25) is 0 Å². The standard InChI is InChI=1S/C15H26O2/c1-11-6-5-9-15(3,4)14(17)10-12(2)13(16)8-7-11/h7,10,13-14,16-17H,5-6,8-9H2,1-4H3/b11-7-,12-10+/t13-,14+/m1/s1. The third-order valence-corrected chi connectivity index (χ3v) is 3.83. The molecule has 0 aromatic carbocycles. The molecule has 17 heavy (non-hydrogen) atoms. The Morgan fingerprint density at radius 2 is 1.88 bits per heavy atom. The van der Waals surface area contributed by atoms with E-state index in [-0.39, 0.29) is 5.41 Å². The highest BCUT2D eigenvalue weighted by Gasteiger charge is 2.26. The van der Waals surface area contributed by atoms with E-state index < -0.39 is 12.2 Å². The molecule has 0 heterocycles. The SMILES string of the molecule is C/C1=C/C[C@@H](O)/C(C)=C/[C@H](O)C(C)(C)CCC1. The van der Waals surface area contributed by atoms with Crippen molar-refractivity contribution in [2.75, 3.05) is 0 Å². The van der Waals surface area contributed by atoms with E-state index in [1.807, 2.05) is 13.0 Å². The minimum atomic E-state index is -0.476. The third-order valence-electron chi connectivity index (χ3n) is 3.83. The molecule has 0 unspecified atom stereocenters. The van der Waals surface area contributed by atoms with E-state index in [0.29, 0.717) is 6.42 Å². The van der Waals surface area contributed by atoms with Crippen molar-refractivity contribution >= 4 is 0 Å². The predicted octanol–water partition coefficient (Wildman–Crippen LogP) is 3.20. The Morgan fingerprint density at radius 3 is 2.53 bits per heavy atom. The summed E-state index contributed by atoms with van der Waals surface area (Å²) in [5.74, 6) is 0. The van der Waals surface area contributed by atoms with Crippen LogP contribution in [0.2, 0.25) is 0 Å². The van der Waals surface area contributed by atoms with Crippen molar-refractivity contribution in [3.63, 3.8) is 0 Å². The smallest absolute Gasteiger partial charge is 0.0782 e. The minimum absolute atomic E-state index is 0.119. The molecule has 98 valence electrons. The second-order valence-corrected chi connectivity index (χ2v) is 6.00. The van der Waals surface area contributed by atoms with Crippen molar-refractivity contribution in [2.45, 2.75) is 65.6 Å². The lowest BCUT2D eigenvalue weighted by Crippen LogP contribution is -2.28. The lowest BCUT2D eigenvalue weighted by Gasteiger charge is -2.29. The number of aliphatic hydroxyl groups excluding tert-OH is 2. The zero-order chi connectivity index (χ0) is 13.1. The summed E-state index contributed by atoms with van der Waals surface area (Å²) >= 11 is 0. The first-order valence-electron chi connectivity index (χ1n) is 6.53. The molecule has 2 heteroatoms. The second-order valence-electron chi connectivity index (χ2n) is 6.00. The number of rotatable bonds is 0. The Labute approximate surface area is 105 Å². The average molecular weight is 238 g/mol. The molecular weight excluding hydrogens is 212 g/mol. The van der Waals surface area contributed by atoms with Gasteiger partial charge in [-0.05, 0) is 50.5 Å². The van der Waals surface area contributed by atoms with Crippen LogP contribution in [0, 0.1) is 5.41 Å². The molecule has 1 rings (SSSR count). The molecule has 0 aromatic rings. The van der Waals surface area contributed by atoms with Gasteiger partial charge in [0, 0.05) is 0 Å². The Morgan fingerprint density at radius 1 is 1.24 bits per heavy atom. The monoisotopic (exact) mass is 238 g/mol. The van der Waals surface area contributed by atoms with Crippen LogP contribution in [0.15, 0.2) is 23.3 Å². The quantitative estimate of drug-likeness (QED) is 0.636. The Hall–Kier alpha value is -0.600. The number of hydrogen-bond acceptors (Lipinski definition) is 2. The van der Waals surface area contributed by atoms with E-state index in [1.165, 1.54) is 5.57 Å². The lowest BCUT2D eigenvalue weighted by atomic mass is 9.80. The van der Waals surface area contributed by atoms with Crippen molar-refractivity contribution in [1.82, 2.24) is 0 Å². The Bertz CT molecular complexity index is 313. The maximum Gasteiger partial charge on any atom is 0.0782 e. The second kappa shape index (κ2) is 5.83. The fourth-order valence-electron chi connectivity index (χ4n) is 2.16. The molecule has 2 nitrogen and oxygen atoms in total. The highest BCUT2D eigenvalue weighted by Crippen LogP contribution is 2.31. The van der Waals surface area contributed by atoms with Gasteiger partial charge in [0.1, 0.15) is 0 Å². The van der Waals surface area contributed by atoms with Crippen LogP contribution in [-0.4, -0.2) is 22.4 Å². The van der Waals surface area contributed by atoms with Gasteiger partial charge in [-0.25, -0.2) is 0 Å². The molecule has 1 aliphatic carbocycles. The summed E-state index contributed by atoms with van der Waals surface area (Å²) < 4.78 is 0. The number of aliphatic hydroxyl groups is 2.